The van der Waals surface area contributed by atoms with Crippen LogP contribution in [0.15, 0.2) is 65.9 Å². The third-order valence-electron chi connectivity index (χ3n) is 5.71. The molecular formula is C26H33N5O2. The van der Waals surface area contributed by atoms with Crippen molar-refractivity contribution in [3.63, 3.8) is 0 Å². The van der Waals surface area contributed by atoms with Gasteiger partial charge >= 0.3 is 0 Å². The summed E-state index contributed by atoms with van der Waals surface area (Å²) < 4.78 is 13.9. The normalized spacial score (nSPS) is 16.1. The third-order valence-corrected chi connectivity index (χ3v) is 5.71. The molecule has 1 unspecified atom stereocenters. The number of rotatable bonds is 9. The lowest BCUT2D eigenvalue weighted by molar-refractivity contribution is 0.140. The van der Waals surface area contributed by atoms with E-state index in [2.05, 4.69) is 74.6 Å². The van der Waals surface area contributed by atoms with E-state index in [-0.39, 0.29) is 6.10 Å². The number of hydrogen-bond donors (Lipinski definition) is 2. The zero-order valence-electron chi connectivity index (χ0n) is 19.5. The Morgan fingerprint density at radius 1 is 1.21 bits per heavy atom. The Balaban J connectivity index is 1.28. The molecule has 0 radical (unpaired) electrons. The van der Waals surface area contributed by atoms with Gasteiger partial charge in [0.2, 0.25) is 0 Å². The molecule has 0 saturated carbocycles. The van der Waals surface area contributed by atoms with E-state index in [4.69, 9.17) is 9.47 Å². The van der Waals surface area contributed by atoms with E-state index >= 15 is 0 Å². The van der Waals surface area contributed by atoms with E-state index in [0.29, 0.717) is 13.2 Å². The zero-order valence-corrected chi connectivity index (χ0v) is 19.5. The van der Waals surface area contributed by atoms with Crippen molar-refractivity contribution in [2.24, 2.45) is 4.99 Å². The number of hydrogen-bond acceptors (Lipinski definition) is 4. The van der Waals surface area contributed by atoms with Crippen LogP contribution in [0, 0.1) is 6.92 Å². The number of nitrogens with zero attached hydrogens (tertiary/aromatic N) is 3. The predicted molar refractivity (Wildman–Crippen MR) is 131 cm³/mol. The van der Waals surface area contributed by atoms with Crippen molar-refractivity contribution < 1.29 is 9.47 Å². The molecule has 0 amide bonds. The molecule has 0 spiro atoms. The van der Waals surface area contributed by atoms with Crippen LogP contribution in [0.4, 0.5) is 0 Å². The minimum absolute atomic E-state index is 0.127. The Labute approximate surface area is 195 Å². The summed E-state index contributed by atoms with van der Waals surface area (Å²) in [6.45, 7) is 5.70. The highest BCUT2D eigenvalue weighted by Crippen LogP contribution is 2.23. The van der Waals surface area contributed by atoms with Gasteiger partial charge in [-0.3, -0.25) is 4.99 Å². The molecule has 2 aromatic carbocycles. The van der Waals surface area contributed by atoms with Crippen LogP contribution in [0.3, 0.4) is 0 Å². The smallest absolute Gasteiger partial charge is 0.191 e. The highest BCUT2D eigenvalue weighted by Gasteiger charge is 2.18. The lowest BCUT2D eigenvalue weighted by Crippen LogP contribution is -2.38. The van der Waals surface area contributed by atoms with Crippen LogP contribution >= 0.6 is 0 Å². The largest absolute Gasteiger partial charge is 0.488 e. The third kappa shape index (κ3) is 6.58. The van der Waals surface area contributed by atoms with Crippen molar-refractivity contribution >= 4 is 5.96 Å². The van der Waals surface area contributed by atoms with Crippen molar-refractivity contribution in [2.45, 2.75) is 39.0 Å². The summed E-state index contributed by atoms with van der Waals surface area (Å²) in [4.78, 5) is 8.90. The molecule has 7 nitrogen and oxygen atoms in total. The summed E-state index contributed by atoms with van der Waals surface area (Å²) >= 11 is 0. The molecule has 1 aliphatic heterocycles. The Kier molecular flexibility index (Phi) is 7.98. The van der Waals surface area contributed by atoms with Gasteiger partial charge in [-0.1, -0.05) is 42.5 Å². The maximum atomic E-state index is 6.21. The van der Waals surface area contributed by atoms with Crippen LogP contribution in [0.1, 0.15) is 28.9 Å². The van der Waals surface area contributed by atoms with Crippen molar-refractivity contribution in [3.8, 4) is 5.75 Å². The lowest BCUT2D eigenvalue weighted by Gasteiger charge is -2.18. The number of imidazole rings is 1. The molecule has 0 bridgehead atoms. The monoisotopic (exact) mass is 447 g/mol. The molecule has 1 aromatic heterocycles. The number of ether oxygens (including phenoxy) is 2. The first-order chi connectivity index (χ1) is 16.2. The van der Waals surface area contributed by atoms with Gasteiger partial charge in [0.25, 0.3) is 0 Å². The first-order valence-corrected chi connectivity index (χ1v) is 11.5. The Bertz CT molecular complexity index is 1040. The summed E-state index contributed by atoms with van der Waals surface area (Å²) in [5.41, 5.74) is 3.55. The quantitative estimate of drug-likeness (QED) is 0.389. The first kappa shape index (κ1) is 22.9. The first-order valence-electron chi connectivity index (χ1n) is 11.5. The second-order valence-corrected chi connectivity index (χ2v) is 8.27. The summed E-state index contributed by atoms with van der Waals surface area (Å²) in [7, 11) is 1.79. The van der Waals surface area contributed by atoms with Crippen molar-refractivity contribution in [3.05, 3.63) is 83.4 Å². The molecule has 174 valence electrons. The average molecular weight is 448 g/mol. The minimum Gasteiger partial charge on any atom is -0.488 e. The van der Waals surface area contributed by atoms with Gasteiger partial charge in [-0.05, 0) is 24.1 Å². The number of aliphatic imine (C=N–C) groups is 1. The van der Waals surface area contributed by atoms with E-state index in [1.165, 1.54) is 11.1 Å². The summed E-state index contributed by atoms with van der Waals surface area (Å²) in [5.74, 6) is 2.72. The van der Waals surface area contributed by atoms with Crippen LogP contribution in [0.5, 0.6) is 5.75 Å². The van der Waals surface area contributed by atoms with E-state index in [1.54, 1.807) is 7.05 Å². The van der Waals surface area contributed by atoms with Gasteiger partial charge in [-0.2, -0.15) is 0 Å². The molecule has 33 heavy (non-hydrogen) atoms. The van der Waals surface area contributed by atoms with Crippen LogP contribution in [-0.2, 0) is 24.2 Å². The number of benzene rings is 2. The molecule has 1 fully saturated rings. The maximum Gasteiger partial charge on any atom is 0.191 e. The van der Waals surface area contributed by atoms with Crippen LogP contribution in [0.25, 0.3) is 0 Å². The Hall–Kier alpha value is -3.32. The Morgan fingerprint density at radius 3 is 2.88 bits per heavy atom. The van der Waals surface area contributed by atoms with Crippen LogP contribution < -0.4 is 15.4 Å². The molecule has 2 N–H and O–H groups in total. The molecule has 7 heteroatoms. The molecule has 3 aromatic rings. The fourth-order valence-corrected chi connectivity index (χ4v) is 3.89. The van der Waals surface area contributed by atoms with Crippen LogP contribution in [0.2, 0.25) is 0 Å². The molecular weight excluding hydrogens is 414 g/mol. The van der Waals surface area contributed by atoms with Gasteiger partial charge in [0.05, 0.1) is 13.2 Å². The van der Waals surface area contributed by atoms with Crippen molar-refractivity contribution in [1.29, 1.82) is 0 Å². The van der Waals surface area contributed by atoms with Crippen molar-refractivity contribution in [2.75, 3.05) is 26.8 Å². The second kappa shape index (κ2) is 11.5. The molecule has 1 saturated heterocycles. The zero-order chi connectivity index (χ0) is 22.9. The van der Waals surface area contributed by atoms with Gasteiger partial charge in [-0.15, -0.1) is 0 Å². The lowest BCUT2D eigenvalue weighted by atomic mass is 10.1. The average Bonchev–Trinajstić information content (AvgIpc) is 3.50. The van der Waals surface area contributed by atoms with Gasteiger partial charge in [0, 0.05) is 57.5 Å². The number of nitrogens with one attached hydrogen (secondary N) is 2. The van der Waals surface area contributed by atoms with Gasteiger partial charge < -0.3 is 24.7 Å². The molecule has 1 atom stereocenters. The topological polar surface area (TPSA) is 72.7 Å². The Morgan fingerprint density at radius 2 is 2.09 bits per heavy atom. The number of aromatic nitrogens is 2. The summed E-state index contributed by atoms with van der Waals surface area (Å²) in [6, 6.07) is 16.8. The minimum atomic E-state index is 0.127. The fraction of sp³-hybridized carbons (Fsp3) is 0.385. The SMILES string of the molecule is CN=C(NCCc1nccn1Cc1ccccc1)NCc1ccc(C)cc1OC1CCOC1. The van der Waals surface area contributed by atoms with Crippen LogP contribution in [-0.4, -0.2) is 48.4 Å². The molecule has 4 rings (SSSR count). The van der Waals surface area contributed by atoms with Gasteiger partial charge in [0.1, 0.15) is 17.7 Å². The number of guanidine groups is 1. The molecule has 0 aliphatic carbocycles. The predicted octanol–water partition coefficient (Wildman–Crippen LogP) is 3.32. The van der Waals surface area contributed by atoms with Crippen molar-refractivity contribution in [1.82, 2.24) is 20.2 Å². The second-order valence-electron chi connectivity index (χ2n) is 8.27. The standard InChI is InChI=1S/C26H33N5O2/c1-20-8-9-22(24(16-20)33-23-11-15-32-19-23)17-30-26(27-2)29-12-10-25-28-13-14-31(25)18-21-6-4-3-5-7-21/h3-9,13-14,16,23H,10-12,15,17-19H2,1-2H3,(H2,27,29,30). The van der Waals surface area contributed by atoms with Gasteiger partial charge in [0.15, 0.2) is 5.96 Å². The number of aryl methyl sites for hydroxylation is 1. The van der Waals surface area contributed by atoms with E-state index in [1.807, 2.05) is 18.5 Å². The van der Waals surface area contributed by atoms with E-state index in [9.17, 15) is 0 Å². The summed E-state index contributed by atoms with van der Waals surface area (Å²) in [5, 5.41) is 6.80. The highest BCUT2D eigenvalue weighted by atomic mass is 16.5. The summed E-state index contributed by atoms with van der Waals surface area (Å²) in [6.07, 6.45) is 5.76. The van der Waals surface area contributed by atoms with Gasteiger partial charge in [-0.25, -0.2) is 4.98 Å². The fourth-order valence-electron chi connectivity index (χ4n) is 3.89. The van der Waals surface area contributed by atoms with E-state index in [0.717, 1.165) is 55.6 Å². The maximum absolute atomic E-state index is 6.21. The van der Waals surface area contributed by atoms with E-state index < -0.39 is 0 Å². The molecule has 1 aliphatic rings. The molecule has 2 heterocycles. The highest BCUT2D eigenvalue weighted by molar-refractivity contribution is 5.79.